The Morgan fingerprint density at radius 3 is 2.81 bits per heavy atom. The highest BCUT2D eigenvalue weighted by atomic mass is 79.9. The standard InChI is InChI=1S/C16H19BrClN3O5/c1-24-15(23)10-26-16-12(17)6-11(7-13(16)18)8-19-20-14(22)9-21-2-4-25-5-3-21/h6-8H,2-5,9-10H2,1H3,(H,20,22)/b19-8+. The molecule has 1 amide bonds. The van der Waals surface area contributed by atoms with E-state index in [1.807, 2.05) is 4.90 Å². The number of halogens is 2. The fourth-order valence-corrected chi connectivity index (χ4v) is 3.15. The number of nitrogens with zero attached hydrogens (tertiary/aromatic N) is 2. The number of ether oxygens (including phenoxy) is 3. The molecule has 0 radical (unpaired) electrons. The van der Waals surface area contributed by atoms with E-state index in [4.69, 9.17) is 21.1 Å². The van der Waals surface area contributed by atoms with Gasteiger partial charge in [0.15, 0.2) is 12.4 Å². The van der Waals surface area contributed by atoms with Crippen molar-refractivity contribution in [2.24, 2.45) is 5.10 Å². The fraction of sp³-hybridized carbons (Fsp3) is 0.438. The number of nitrogens with one attached hydrogen (secondary N) is 1. The molecule has 26 heavy (non-hydrogen) atoms. The van der Waals surface area contributed by atoms with Gasteiger partial charge in [-0.2, -0.15) is 5.10 Å². The van der Waals surface area contributed by atoms with Crippen LogP contribution in [0.3, 0.4) is 0 Å². The number of carbonyl (C=O) groups excluding carboxylic acids is 2. The molecule has 10 heteroatoms. The topological polar surface area (TPSA) is 89.5 Å². The molecule has 1 aromatic rings. The zero-order valence-electron chi connectivity index (χ0n) is 14.2. The lowest BCUT2D eigenvalue weighted by molar-refractivity contribution is -0.142. The summed E-state index contributed by atoms with van der Waals surface area (Å²) in [5, 5.41) is 4.23. The molecule has 1 saturated heterocycles. The van der Waals surface area contributed by atoms with Gasteiger partial charge in [-0.1, -0.05) is 11.6 Å². The third-order valence-electron chi connectivity index (χ3n) is 3.46. The SMILES string of the molecule is COC(=O)COc1c(Cl)cc(/C=N/NC(=O)CN2CCOCC2)cc1Br. The predicted octanol–water partition coefficient (Wildman–Crippen LogP) is 1.44. The molecule has 1 aliphatic heterocycles. The van der Waals surface area contributed by atoms with Crippen LogP contribution in [0.15, 0.2) is 21.7 Å². The molecule has 0 saturated carbocycles. The minimum absolute atomic E-state index is 0.202. The van der Waals surface area contributed by atoms with Gasteiger partial charge in [0.1, 0.15) is 0 Å². The molecule has 0 unspecified atom stereocenters. The van der Waals surface area contributed by atoms with E-state index in [0.717, 1.165) is 13.1 Å². The third kappa shape index (κ3) is 6.56. The zero-order chi connectivity index (χ0) is 18.9. The molecule has 1 heterocycles. The normalized spacial score (nSPS) is 15.0. The van der Waals surface area contributed by atoms with E-state index in [9.17, 15) is 9.59 Å². The first-order valence-electron chi connectivity index (χ1n) is 7.80. The van der Waals surface area contributed by atoms with Crippen LogP contribution < -0.4 is 10.2 Å². The van der Waals surface area contributed by atoms with Crippen LogP contribution in [0, 0.1) is 0 Å². The maximum absolute atomic E-state index is 11.9. The first kappa shape index (κ1) is 20.6. The molecule has 1 fully saturated rings. The van der Waals surface area contributed by atoms with Crippen molar-refractivity contribution in [3.63, 3.8) is 0 Å². The van der Waals surface area contributed by atoms with Crippen LogP contribution in [0.1, 0.15) is 5.56 Å². The molecule has 0 aliphatic carbocycles. The van der Waals surface area contributed by atoms with Crippen LogP contribution in [0.25, 0.3) is 0 Å². The second-order valence-electron chi connectivity index (χ2n) is 5.36. The molecule has 0 bridgehead atoms. The van der Waals surface area contributed by atoms with E-state index in [2.05, 4.69) is 31.2 Å². The lowest BCUT2D eigenvalue weighted by Gasteiger charge is -2.25. The van der Waals surface area contributed by atoms with Gasteiger partial charge in [-0.25, -0.2) is 10.2 Å². The van der Waals surface area contributed by atoms with Gasteiger partial charge in [0.2, 0.25) is 0 Å². The van der Waals surface area contributed by atoms with Crippen molar-refractivity contribution in [1.29, 1.82) is 0 Å². The van der Waals surface area contributed by atoms with Crippen LogP contribution in [0.4, 0.5) is 0 Å². The highest BCUT2D eigenvalue weighted by Gasteiger charge is 2.14. The summed E-state index contributed by atoms with van der Waals surface area (Å²) in [6.07, 6.45) is 1.47. The average Bonchev–Trinajstić information content (AvgIpc) is 2.61. The molecule has 8 nitrogen and oxygen atoms in total. The number of carbonyl (C=O) groups is 2. The summed E-state index contributed by atoms with van der Waals surface area (Å²) in [5.74, 6) is -0.390. The zero-order valence-corrected chi connectivity index (χ0v) is 16.5. The molecule has 0 spiro atoms. The summed E-state index contributed by atoms with van der Waals surface area (Å²) in [5.41, 5.74) is 3.13. The lowest BCUT2D eigenvalue weighted by Crippen LogP contribution is -2.42. The minimum atomic E-state index is -0.512. The number of benzene rings is 1. The molecule has 2 rings (SSSR count). The molecule has 1 aromatic carbocycles. The van der Waals surface area contributed by atoms with Crippen molar-refractivity contribution in [2.45, 2.75) is 0 Å². The maximum atomic E-state index is 11.9. The van der Waals surface area contributed by atoms with Crippen molar-refractivity contribution < 1.29 is 23.8 Å². The second kappa shape index (κ2) is 10.5. The van der Waals surface area contributed by atoms with Gasteiger partial charge >= 0.3 is 5.97 Å². The minimum Gasteiger partial charge on any atom is -0.479 e. The molecule has 142 valence electrons. The molecule has 0 aromatic heterocycles. The average molecular weight is 449 g/mol. The third-order valence-corrected chi connectivity index (χ3v) is 4.33. The molecule has 1 N–H and O–H groups in total. The number of hydrogen-bond acceptors (Lipinski definition) is 7. The van der Waals surface area contributed by atoms with E-state index >= 15 is 0 Å². The number of amides is 1. The van der Waals surface area contributed by atoms with Gasteiger partial charge in [-0.3, -0.25) is 9.69 Å². The molecule has 1 aliphatic rings. The van der Waals surface area contributed by atoms with E-state index < -0.39 is 5.97 Å². The van der Waals surface area contributed by atoms with Gasteiger partial charge in [0.25, 0.3) is 5.91 Å². The summed E-state index contributed by atoms with van der Waals surface area (Å²) in [6.45, 7) is 2.74. The summed E-state index contributed by atoms with van der Waals surface area (Å²) in [7, 11) is 1.27. The Hall–Kier alpha value is -1.68. The number of morpholine rings is 1. The van der Waals surface area contributed by atoms with E-state index in [0.29, 0.717) is 34.0 Å². The number of methoxy groups -OCH3 is 1. The van der Waals surface area contributed by atoms with Gasteiger partial charge in [-0.05, 0) is 33.6 Å². The Balaban J connectivity index is 1.89. The highest BCUT2D eigenvalue weighted by molar-refractivity contribution is 9.10. The van der Waals surface area contributed by atoms with Crippen molar-refractivity contribution in [2.75, 3.05) is 46.6 Å². The van der Waals surface area contributed by atoms with Gasteiger partial charge in [0.05, 0.1) is 42.6 Å². The number of esters is 1. The van der Waals surface area contributed by atoms with Crippen LogP contribution in [-0.4, -0.2) is 69.6 Å². The smallest absolute Gasteiger partial charge is 0.343 e. The Morgan fingerprint density at radius 1 is 1.42 bits per heavy atom. The van der Waals surface area contributed by atoms with Crippen LogP contribution in [0.2, 0.25) is 5.02 Å². The fourth-order valence-electron chi connectivity index (χ4n) is 2.16. The van der Waals surface area contributed by atoms with Gasteiger partial charge in [-0.15, -0.1) is 0 Å². The van der Waals surface area contributed by atoms with Crippen molar-refractivity contribution >= 4 is 45.6 Å². The monoisotopic (exact) mass is 447 g/mol. The highest BCUT2D eigenvalue weighted by Crippen LogP contribution is 2.34. The Labute approximate surface area is 164 Å². The summed E-state index contributed by atoms with van der Waals surface area (Å²) in [4.78, 5) is 25.0. The summed E-state index contributed by atoms with van der Waals surface area (Å²) < 4.78 is 15.6. The molecular weight excluding hydrogens is 430 g/mol. The quantitative estimate of drug-likeness (QED) is 0.386. The van der Waals surface area contributed by atoms with E-state index in [-0.39, 0.29) is 19.1 Å². The molecular formula is C16H19BrClN3O5. The second-order valence-corrected chi connectivity index (χ2v) is 6.62. The predicted molar refractivity (Wildman–Crippen MR) is 99.7 cm³/mol. The first-order chi connectivity index (χ1) is 12.5. The van der Waals surface area contributed by atoms with E-state index in [1.54, 1.807) is 12.1 Å². The Morgan fingerprint density at radius 2 is 2.15 bits per heavy atom. The summed E-state index contributed by atoms with van der Waals surface area (Å²) >= 11 is 9.48. The lowest BCUT2D eigenvalue weighted by atomic mass is 10.2. The van der Waals surface area contributed by atoms with Crippen molar-refractivity contribution in [1.82, 2.24) is 10.3 Å². The Kier molecular flexibility index (Phi) is 8.30. The van der Waals surface area contributed by atoms with Gasteiger partial charge in [0, 0.05) is 13.1 Å². The Bertz CT molecular complexity index is 657. The van der Waals surface area contributed by atoms with E-state index in [1.165, 1.54) is 13.3 Å². The molecule has 0 atom stereocenters. The number of hydrazone groups is 1. The summed E-state index contributed by atoms with van der Waals surface area (Å²) in [6, 6.07) is 3.31. The largest absolute Gasteiger partial charge is 0.479 e. The maximum Gasteiger partial charge on any atom is 0.343 e. The van der Waals surface area contributed by atoms with Crippen LogP contribution >= 0.6 is 27.5 Å². The van der Waals surface area contributed by atoms with Crippen LogP contribution in [-0.2, 0) is 19.1 Å². The van der Waals surface area contributed by atoms with Crippen LogP contribution in [0.5, 0.6) is 5.75 Å². The first-order valence-corrected chi connectivity index (χ1v) is 8.97. The number of hydrogen-bond donors (Lipinski definition) is 1. The van der Waals surface area contributed by atoms with Crippen molar-refractivity contribution in [3.05, 3.63) is 27.2 Å². The van der Waals surface area contributed by atoms with Gasteiger partial charge < -0.3 is 14.2 Å². The van der Waals surface area contributed by atoms with Crippen molar-refractivity contribution in [3.8, 4) is 5.75 Å². The number of rotatable bonds is 7.